The first-order valence-corrected chi connectivity index (χ1v) is 9.09. The molecule has 2 unspecified atom stereocenters. The summed E-state index contributed by atoms with van der Waals surface area (Å²) in [5.41, 5.74) is 1.01. The predicted molar refractivity (Wildman–Crippen MR) is 104 cm³/mol. The van der Waals surface area contributed by atoms with Gasteiger partial charge in [0.05, 0.1) is 6.42 Å². The van der Waals surface area contributed by atoms with Crippen LogP contribution in [0, 0.1) is 5.92 Å². The van der Waals surface area contributed by atoms with Gasteiger partial charge in [-0.1, -0.05) is 26.0 Å². The van der Waals surface area contributed by atoms with Crippen molar-refractivity contribution in [3.05, 3.63) is 53.3 Å². The number of carbonyl (C=O) groups is 2. The van der Waals surface area contributed by atoms with Gasteiger partial charge in [-0.15, -0.1) is 0 Å². The summed E-state index contributed by atoms with van der Waals surface area (Å²) in [5.74, 6) is -1.32. The molecule has 0 aromatic heterocycles. The van der Waals surface area contributed by atoms with Crippen molar-refractivity contribution >= 4 is 17.5 Å². The van der Waals surface area contributed by atoms with Gasteiger partial charge in [-0.2, -0.15) is 0 Å². The fourth-order valence-corrected chi connectivity index (χ4v) is 2.64. The summed E-state index contributed by atoms with van der Waals surface area (Å²) in [6.07, 6.45) is 2.25. The number of carbonyl (C=O) groups excluding carboxylic acids is 2. The average Bonchev–Trinajstić information content (AvgIpc) is 2.62. The maximum Gasteiger partial charge on any atom is 0.251 e. The molecular weight excluding hydrogens is 347 g/mol. The van der Waals surface area contributed by atoms with Crippen molar-refractivity contribution in [2.45, 2.75) is 52.2 Å². The molecule has 6 heteroatoms. The molecule has 0 heterocycles. The van der Waals surface area contributed by atoms with Crippen LogP contribution < -0.4 is 10.6 Å². The third kappa shape index (κ3) is 5.42. The number of allylic oxidation sites excluding steroid dienone is 3. The highest BCUT2D eigenvalue weighted by Gasteiger charge is 2.25. The number of nitrogens with one attached hydrogen (secondary N) is 2. The first kappa shape index (κ1) is 20.7. The van der Waals surface area contributed by atoms with E-state index < -0.39 is 12.1 Å². The highest BCUT2D eigenvalue weighted by Crippen LogP contribution is 2.27. The van der Waals surface area contributed by atoms with Crippen molar-refractivity contribution in [2.75, 3.05) is 5.32 Å². The minimum absolute atomic E-state index is 0.0708. The number of hydrogen-bond acceptors (Lipinski definition) is 3. The molecule has 0 fully saturated rings. The lowest BCUT2D eigenvalue weighted by atomic mass is 9.92. The van der Waals surface area contributed by atoms with Gasteiger partial charge < -0.3 is 15.7 Å². The van der Waals surface area contributed by atoms with Crippen LogP contribution in [0.4, 0.5) is 10.1 Å². The molecular formula is C21H27FN2O3. The zero-order valence-corrected chi connectivity index (χ0v) is 16.2. The van der Waals surface area contributed by atoms with Gasteiger partial charge in [0.2, 0.25) is 5.91 Å². The summed E-state index contributed by atoms with van der Waals surface area (Å²) >= 11 is 0. The molecule has 1 aromatic carbocycles. The van der Waals surface area contributed by atoms with Gasteiger partial charge in [0.25, 0.3) is 5.91 Å². The maximum absolute atomic E-state index is 13.5. The van der Waals surface area contributed by atoms with Crippen molar-refractivity contribution in [3.63, 3.8) is 0 Å². The molecule has 0 bridgehead atoms. The van der Waals surface area contributed by atoms with E-state index in [-0.39, 0.29) is 29.5 Å². The Labute approximate surface area is 159 Å². The van der Waals surface area contributed by atoms with Crippen molar-refractivity contribution in [2.24, 2.45) is 5.92 Å². The highest BCUT2D eigenvalue weighted by atomic mass is 19.1. The number of anilines is 1. The monoisotopic (exact) mass is 374 g/mol. The second-order valence-corrected chi connectivity index (χ2v) is 7.50. The smallest absolute Gasteiger partial charge is 0.251 e. The second kappa shape index (κ2) is 8.37. The van der Waals surface area contributed by atoms with Gasteiger partial charge in [0, 0.05) is 22.7 Å². The van der Waals surface area contributed by atoms with Gasteiger partial charge in [-0.25, -0.2) is 4.39 Å². The van der Waals surface area contributed by atoms with Crippen molar-refractivity contribution < 1.29 is 19.1 Å². The van der Waals surface area contributed by atoms with Crippen LogP contribution in [0.15, 0.2) is 47.7 Å². The highest BCUT2D eigenvalue weighted by molar-refractivity contribution is 5.98. The molecule has 0 saturated carbocycles. The van der Waals surface area contributed by atoms with Crippen molar-refractivity contribution in [1.29, 1.82) is 0 Å². The normalized spacial score (nSPS) is 19.7. The molecule has 3 N–H and O–H groups in total. The predicted octanol–water partition coefficient (Wildman–Crippen LogP) is 4.29. The molecule has 5 nitrogen and oxygen atoms in total. The summed E-state index contributed by atoms with van der Waals surface area (Å²) in [6, 6.07) is 6.66. The number of alkyl halides is 1. The Morgan fingerprint density at radius 1 is 1.30 bits per heavy atom. The van der Waals surface area contributed by atoms with E-state index in [4.69, 9.17) is 0 Å². The Morgan fingerprint density at radius 3 is 2.67 bits per heavy atom. The van der Waals surface area contributed by atoms with Crippen LogP contribution in [0.2, 0.25) is 0 Å². The molecule has 1 aromatic rings. The number of amides is 2. The summed E-state index contributed by atoms with van der Waals surface area (Å²) < 4.78 is 13.5. The Bertz CT molecular complexity index is 783. The molecule has 0 radical (unpaired) electrons. The van der Waals surface area contributed by atoms with E-state index in [9.17, 15) is 19.1 Å². The lowest BCUT2D eigenvalue weighted by Crippen LogP contribution is -2.42. The van der Waals surface area contributed by atoms with Crippen LogP contribution >= 0.6 is 0 Å². The quantitative estimate of drug-likeness (QED) is 0.695. The Morgan fingerprint density at radius 2 is 2.00 bits per heavy atom. The molecule has 0 spiro atoms. The van der Waals surface area contributed by atoms with E-state index in [0.717, 1.165) is 6.42 Å². The number of aliphatic hydroxyl groups is 1. The topological polar surface area (TPSA) is 78.4 Å². The molecule has 27 heavy (non-hydrogen) atoms. The zero-order chi connectivity index (χ0) is 20.2. The average molecular weight is 374 g/mol. The van der Waals surface area contributed by atoms with E-state index in [2.05, 4.69) is 10.6 Å². The molecule has 1 aliphatic rings. The first-order chi connectivity index (χ1) is 12.6. The molecule has 0 saturated heterocycles. The Kier molecular flexibility index (Phi) is 6.41. The van der Waals surface area contributed by atoms with E-state index in [1.165, 1.54) is 12.2 Å². The van der Waals surface area contributed by atoms with Crippen LogP contribution in [-0.2, 0) is 4.79 Å². The van der Waals surface area contributed by atoms with Crippen LogP contribution in [0.25, 0.3) is 0 Å². The molecule has 146 valence electrons. The molecule has 0 aliphatic heterocycles. The number of hydrogen-bond donors (Lipinski definition) is 3. The van der Waals surface area contributed by atoms with Gasteiger partial charge in [0.15, 0.2) is 0 Å². The van der Waals surface area contributed by atoms with E-state index >= 15 is 0 Å². The number of aliphatic hydroxyl groups excluding tert-OH is 1. The SMILES string of the molecule is CCC(C)(C)NC(=O)c1cccc(NC(=O)CC2=C(O)C(C)C(F)C=C2)c1. The van der Waals surface area contributed by atoms with Crippen LogP contribution in [0.3, 0.4) is 0 Å². The standard InChI is InChI=1S/C21H27FN2O3/c1-5-21(3,4)24-20(27)15-7-6-8-16(11-15)23-18(25)12-14-9-10-17(22)13(2)19(14)26/h6-11,13,17,26H,5,12H2,1-4H3,(H,23,25)(H,24,27). The third-order valence-corrected chi connectivity index (χ3v) is 4.81. The largest absolute Gasteiger partial charge is 0.512 e. The maximum atomic E-state index is 13.5. The fraction of sp³-hybridized carbons (Fsp3) is 0.429. The van der Waals surface area contributed by atoms with E-state index in [0.29, 0.717) is 16.8 Å². The number of rotatable bonds is 6. The lowest BCUT2D eigenvalue weighted by Gasteiger charge is -2.24. The van der Waals surface area contributed by atoms with Crippen molar-refractivity contribution in [3.8, 4) is 0 Å². The van der Waals surface area contributed by atoms with Crippen LogP contribution in [-0.4, -0.2) is 28.6 Å². The van der Waals surface area contributed by atoms with Gasteiger partial charge in [0.1, 0.15) is 11.9 Å². The molecule has 2 amide bonds. The number of benzene rings is 1. The van der Waals surface area contributed by atoms with Gasteiger partial charge in [-0.05, 0) is 50.1 Å². The minimum atomic E-state index is -1.25. The zero-order valence-electron chi connectivity index (χ0n) is 16.2. The van der Waals surface area contributed by atoms with Gasteiger partial charge in [-0.3, -0.25) is 9.59 Å². The van der Waals surface area contributed by atoms with E-state index in [1.807, 2.05) is 20.8 Å². The Hall–Kier alpha value is -2.63. The summed E-state index contributed by atoms with van der Waals surface area (Å²) in [7, 11) is 0. The Balaban J connectivity index is 2.05. The molecule has 1 aliphatic carbocycles. The minimum Gasteiger partial charge on any atom is -0.512 e. The second-order valence-electron chi connectivity index (χ2n) is 7.50. The van der Waals surface area contributed by atoms with E-state index in [1.54, 1.807) is 31.2 Å². The fourth-order valence-electron chi connectivity index (χ4n) is 2.64. The summed E-state index contributed by atoms with van der Waals surface area (Å²) in [4.78, 5) is 24.7. The molecule has 2 rings (SSSR count). The summed E-state index contributed by atoms with van der Waals surface area (Å²) in [6.45, 7) is 7.45. The third-order valence-electron chi connectivity index (χ3n) is 4.81. The number of halogens is 1. The first-order valence-electron chi connectivity index (χ1n) is 9.09. The van der Waals surface area contributed by atoms with Crippen LogP contribution in [0.5, 0.6) is 0 Å². The molecule has 2 atom stereocenters. The van der Waals surface area contributed by atoms with Crippen LogP contribution in [0.1, 0.15) is 50.9 Å². The summed E-state index contributed by atoms with van der Waals surface area (Å²) in [5, 5.41) is 15.7. The lowest BCUT2D eigenvalue weighted by molar-refractivity contribution is -0.115. The van der Waals surface area contributed by atoms with Crippen molar-refractivity contribution in [1.82, 2.24) is 5.32 Å². The van der Waals surface area contributed by atoms with Gasteiger partial charge >= 0.3 is 0 Å².